The molecule has 20 nitrogen and oxygen atoms in total. The number of alkyl carbamates (subject to hydrolysis) is 1. The number of nitrogens with zero attached hydrogens (tertiary/aromatic N) is 2. The van der Waals surface area contributed by atoms with Crippen LogP contribution in [0.1, 0.15) is 170 Å². The maximum atomic E-state index is 15.0. The first-order valence-electron chi connectivity index (χ1n) is 26.6. The summed E-state index contributed by atoms with van der Waals surface area (Å²) in [7, 11) is 2.51. The van der Waals surface area contributed by atoms with Crippen LogP contribution < -0.4 is 26.0 Å². The molecule has 0 radical (unpaired) electrons. The zero-order valence-electron chi connectivity index (χ0n) is 47.2. The van der Waals surface area contributed by atoms with Crippen LogP contribution >= 0.6 is 0 Å². The normalized spacial score (nSPS) is 16.4. The van der Waals surface area contributed by atoms with Crippen LogP contribution in [0.4, 0.5) is 14.4 Å². The molecule has 0 saturated carbocycles. The van der Waals surface area contributed by atoms with E-state index in [1.165, 1.54) is 56.0 Å². The van der Waals surface area contributed by atoms with Crippen LogP contribution in [-0.2, 0) is 49.3 Å². The van der Waals surface area contributed by atoms with Crippen molar-refractivity contribution in [2.45, 2.75) is 201 Å². The van der Waals surface area contributed by atoms with Crippen LogP contribution in [0.15, 0.2) is 36.4 Å². The number of phenolic OH excluding ortho intramolecular Hbond substituents is 1. The van der Waals surface area contributed by atoms with Crippen molar-refractivity contribution in [1.29, 1.82) is 0 Å². The summed E-state index contributed by atoms with van der Waals surface area (Å²) < 4.78 is 27.2. The van der Waals surface area contributed by atoms with Crippen molar-refractivity contribution < 1.29 is 67.1 Å². The second kappa shape index (κ2) is 29.6. The van der Waals surface area contributed by atoms with Gasteiger partial charge in [0.2, 0.25) is 23.6 Å². The lowest BCUT2D eigenvalue weighted by Crippen LogP contribution is -2.55. The molecule has 2 aromatic rings. The summed E-state index contributed by atoms with van der Waals surface area (Å²) in [4.78, 5) is 112. The van der Waals surface area contributed by atoms with Gasteiger partial charge in [0.05, 0.1) is 7.11 Å². The Hall–Kier alpha value is -6.60. The molecule has 1 heterocycles. The third-order valence-electron chi connectivity index (χ3n) is 12.0. The summed E-state index contributed by atoms with van der Waals surface area (Å²) in [5, 5.41) is 22.3. The minimum atomic E-state index is -1.54. The third kappa shape index (κ3) is 22.3. The number of amides is 6. The van der Waals surface area contributed by atoms with Crippen molar-refractivity contribution in [2.75, 3.05) is 33.8 Å². The zero-order chi connectivity index (χ0) is 57.0. The quantitative estimate of drug-likeness (QED) is 0.0321. The lowest BCUT2D eigenvalue weighted by molar-refractivity contribution is -0.145. The predicted octanol–water partition coefficient (Wildman–Crippen LogP) is 8.54. The number of esters is 1. The molecule has 0 spiro atoms. The number of aromatic hydroxyl groups is 1. The average Bonchev–Trinajstić information content (AvgIpc) is 3.30. The van der Waals surface area contributed by atoms with Gasteiger partial charge >= 0.3 is 24.3 Å². The van der Waals surface area contributed by atoms with Gasteiger partial charge in [-0.25, -0.2) is 19.2 Å². The fraction of sp³-hybridized carbons (Fsp3) is 0.643. The van der Waals surface area contributed by atoms with Crippen molar-refractivity contribution >= 4 is 47.9 Å². The largest absolute Gasteiger partial charge is 0.514 e. The Morgan fingerprint density at radius 1 is 0.750 bits per heavy atom. The molecule has 3 rings (SSSR count). The maximum absolute atomic E-state index is 15.0. The van der Waals surface area contributed by atoms with Crippen LogP contribution in [0, 0.1) is 0 Å². The van der Waals surface area contributed by atoms with Gasteiger partial charge in [-0.2, -0.15) is 0 Å². The van der Waals surface area contributed by atoms with Crippen LogP contribution in [0.5, 0.6) is 11.5 Å². The Morgan fingerprint density at radius 2 is 1.38 bits per heavy atom. The Balaban J connectivity index is 2.09. The van der Waals surface area contributed by atoms with E-state index < -0.39 is 88.9 Å². The van der Waals surface area contributed by atoms with Gasteiger partial charge in [-0.1, -0.05) is 64.0 Å². The van der Waals surface area contributed by atoms with Gasteiger partial charge in [0.15, 0.2) is 0 Å². The smallest absolute Gasteiger partial charge is 0.507 e. The highest BCUT2D eigenvalue weighted by Crippen LogP contribution is 2.40. The van der Waals surface area contributed by atoms with Crippen LogP contribution in [-0.4, -0.2) is 132 Å². The first-order valence-corrected chi connectivity index (χ1v) is 26.6. The van der Waals surface area contributed by atoms with Gasteiger partial charge in [-0.15, -0.1) is 0 Å². The summed E-state index contributed by atoms with van der Waals surface area (Å²) >= 11 is 0. The topological polar surface area (TPSA) is 258 Å². The number of fused-ring (bicyclic) bond motifs is 5. The molecule has 4 atom stereocenters. The monoisotopic (exact) mass is 1070 g/mol. The van der Waals surface area contributed by atoms with E-state index in [1.54, 1.807) is 74.4 Å². The van der Waals surface area contributed by atoms with Gasteiger partial charge in [-0.3, -0.25) is 19.2 Å². The summed E-state index contributed by atoms with van der Waals surface area (Å²) in [6, 6.07) is 3.38. The fourth-order valence-corrected chi connectivity index (χ4v) is 8.25. The van der Waals surface area contributed by atoms with E-state index in [-0.39, 0.29) is 60.5 Å². The van der Waals surface area contributed by atoms with Gasteiger partial charge < -0.3 is 59.9 Å². The highest BCUT2D eigenvalue weighted by molar-refractivity contribution is 5.96. The van der Waals surface area contributed by atoms with E-state index in [2.05, 4.69) is 28.2 Å². The lowest BCUT2D eigenvalue weighted by atomic mass is 9.93. The Kier molecular flexibility index (Phi) is 24.8. The number of benzene rings is 2. The fourth-order valence-electron chi connectivity index (χ4n) is 8.25. The molecular formula is C56H86N6O14. The van der Waals surface area contributed by atoms with Gasteiger partial charge in [0, 0.05) is 50.7 Å². The standard InChI is InChI=1S/C56H86N6O14/c1-14-15-16-17-18-19-20-23-31-62(52(70)75-55(6,7)8)32-29-45(64)59-41(24-21-22-30-57-51(69)74-54(3,4)5)49(67)61(12)46-38-26-27-43(63)39(35-38)40-33-37(25-28-44(40)73-53(71)76-56(9,10)11)34-42(50(68)72-13)60-47(65)36(2)58-48(46)66/h25-28,33,35-36,41-42,46,63H,14-24,29-32,34H2,1-13H3,(H,57,69)(H,58,66)(H,59,64)(H,60,65)/t36-,41-,42-,46-/m0/s1. The van der Waals surface area contributed by atoms with Gasteiger partial charge in [-0.05, 0) is 130 Å². The van der Waals surface area contributed by atoms with E-state index in [4.69, 9.17) is 23.7 Å². The number of likely N-dealkylation sites (N-methyl/N-ethyl adjacent to an activating group) is 1. The SMILES string of the molecule is CCCCCCCCCCN(CCC(=O)N[C@@H](CCCCNC(=O)OC(C)(C)C)C(=O)N(C)[C@@H]1C(=O)N[C@@H](C)C(=O)N[C@H](C(=O)OC)Cc2ccc(OC(=O)OC(C)(C)C)c(c2)-c2cc1ccc2O)C(=O)OC(C)(C)C. The van der Waals surface area contributed by atoms with Crippen LogP contribution in [0.25, 0.3) is 11.1 Å². The number of ether oxygens (including phenoxy) is 5. The van der Waals surface area contributed by atoms with Crippen molar-refractivity contribution in [3.8, 4) is 22.6 Å². The molecule has 0 aliphatic carbocycles. The molecule has 1 aliphatic rings. The van der Waals surface area contributed by atoms with E-state index in [1.807, 2.05) is 0 Å². The van der Waals surface area contributed by atoms with E-state index >= 15 is 4.79 Å². The Bertz CT molecular complexity index is 2300. The molecule has 6 amide bonds. The Labute approximate surface area is 449 Å². The Morgan fingerprint density at radius 3 is 2.00 bits per heavy atom. The molecule has 4 bridgehead atoms. The number of carbonyl (C=O) groups excluding carboxylic acids is 8. The maximum Gasteiger partial charge on any atom is 0.514 e. The molecule has 0 aromatic heterocycles. The molecule has 1 aliphatic heterocycles. The van der Waals surface area contributed by atoms with Crippen LogP contribution in [0.3, 0.4) is 0 Å². The predicted molar refractivity (Wildman–Crippen MR) is 286 cm³/mol. The second-order valence-electron chi connectivity index (χ2n) is 22.3. The molecule has 424 valence electrons. The van der Waals surface area contributed by atoms with E-state index in [0.717, 1.165) is 44.1 Å². The third-order valence-corrected chi connectivity index (χ3v) is 12.0. The van der Waals surface area contributed by atoms with Crippen molar-refractivity contribution in [3.63, 3.8) is 0 Å². The second-order valence-corrected chi connectivity index (χ2v) is 22.3. The summed E-state index contributed by atoms with van der Waals surface area (Å²) in [5.41, 5.74) is -1.67. The minimum Gasteiger partial charge on any atom is -0.507 e. The van der Waals surface area contributed by atoms with Gasteiger partial charge in [0.1, 0.15) is 52.5 Å². The number of carbonyl (C=O) groups is 8. The minimum absolute atomic E-state index is 0.00720. The number of phenols is 1. The molecule has 0 unspecified atom stereocenters. The molecule has 2 aromatic carbocycles. The van der Waals surface area contributed by atoms with Gasteiger partial charge in [0.25, 0.3) is 0 Å². The van der Waals surface area contributed by atoms with Crippen molar-refractivity contribution in [3.05, 3.63) is 47.5 Å². The molecule has 5 N–H and O–H groups in total. The lowest BCUT2D eigenvalue weighted by Gasteiger charge is -2.33. The van der Waals surface area contributed by atoms with Crippen molar-refractivity contribution in [1.82, 2.24) is 31.1 Å². The number of hydrogen-bond acceptors (Lipinski definition) is 14. The highest BCUT2D eigenvalue weighted by atomic mass is 16.7. The molecule has 0 fully saturated rings. The number of nitrogens with one attached hydrogen (secondary N) is 4. The highest BCUT2D eigenvalue weighted by Gasteiger charge is 2.37. The molecule has 76 heavy (non-hydrogen) atoms. The van der Waals surface area contributed by atoms with Crippen LogP contribution in [0.2, 0.25) is 0 Å². The van der Waals surface area contributed by atoms with E-state index in [9.17, 15) is 38.7 Å². The summed E-state index contributed by atoms with van der Waals surface area (Å²) in [6.45, 7) is 19.6. The first-order chi connectivity index (χ1) is 35.5. The number of hydrogen-bond donors (Lipinski definition) is 5. The summed E-state index contributed by atoms with van der Waals surface area (Å²) in [6.07, 6.45) is 6.56. The van der Waals surface area contributed by atoms with Crippen molar-refractivity contribution in [2.24, 2.45) is 0 Å². The first kappa shape index (κ1) is 63.7. The molecule has 0 saturated heterocycles. The molecule has 20 heteroatoms. The number of rotatable bonds is 22. The number of unbranched alkanes of at least 4 members (excludes halogenated alkanes) is 8. The average molecular weight is 1070 g/mol. The summed E-state index contributed by atoms with van der Waals surface area (Å²) in [5.74, 6) is -4.05. The van der Waals surface area contributed by atoms with E-state index in [0.29, 0.717) is 31.4 Å². The zero-order valence-corrected chi connectivity index (χ0v) is 47.2. The molecular weight excluding hydrogens is 981 g/mol. The number of methoxy groups -OCH3 is 1.